The van der Waals surface area contributed by atoms with E-state index in [2.05, 4.69) is 62.2 Å². The standard InChI is InChI=1S/C19H32N2/c1-5-13-20-18(15(3)6-2)14-21-16(4)11-12-17-9-7-8-10-19(17)21/h7-10,15-16,18,20H,5-6,11-14H2,1-4H3. The molecule has 2 heteroatoms. The molecule has 0 amide bonds. The summed E-state index contributed by atoms with van der Waals surface area (Å²) in [5.41, 5.74) is 2.98. The molecule has 118 valence electrons. The van der Waals surface area contributed by atoms with Crippen LogP contribution in [-0.2, 0) is 6.42 Å². The lowest BCUT2D eigenvalue weighted by Gasteiger charge is -2.40. The Balaban J connectivity index is 2.15. The summed E-state index contributed by atoms with van der Waals surface area (Å²) in [5, 5.41) is 3.78. The molecule has 1 N–H and O–H groups in total. The number of anilines is 1. The largest absolute Gasteiger partial charge is 0.367 e. The Morgan fingerprint density at radius 2 is 2.05 bits per heavy atom. The molecule has 1 aromatic carbocycles. The minimum Gasteiger partial charge on any atom is -0.367 e. The van der Waals surface area contributed by atoms with E-state index >= 15 is 0 Å². The maximum atomic E-state index is 3.78. The van der Waals surface area contributed by atoms with Gasteiger partial charge in [-0.1, -0.05) is 45.4 Å². The number of para-hydroxylation sites is 1. The maximum Gasteiger partial charge on any atom is 0.0401 e. The van der Waals surface area contributed by atoms with E-state index in [1.165, 1.54) is 36.9 Å². The van der Waals surface area contributed by atoms with Crippen molar-refractivity contribution in [1.29, 1.82) is 0 Å². The minimum atomic E-state index is 0.587. The smallest absolute Gasteiger partial charge is 0.0401 e. The zero-order valence-corrected chi connectivity index (χ0v) is 14.2. The van der Waals surface area contributed by atoms with Gasteiger partial charge in [0.25, 0.3) is 0 Å². The van der Waals surface area contributed by atoms with E-state index in [0.717, 1.165) is 19.0 Å². The van der Waals surface area contributed by atoms with Gasteiger partial charge in [-0.15, -0.1) is 0 Å². The molecule has 1 aromatic rings. The van der Waals surface area contributed by atoms with E-state index in [4.69, 9.17) is 0 Å². The van der Waals surface area contributed by atoms with Crippen LogP contribution in [0.1, 0.15) is 52.5 Å². The maximum absolute atomic E-state index is 3.78. The molecule has 1 aliphatic rings. The summed E-state index contributed by atoms with van der Waals surface area (Å²) in [6.45, 7) is 11.6. The Labute approximate surface area is 130 Å². The van der Waals surface area contributed by atoms with E-state index in [1.54, 1.807) is 0 Å². The van der Waals surface area contributed by atoms with Crippen LogP contribution in [0.3, 0.4) is 0 Å². The minimum absolute atomic E-state index is 0.587. The molecular formula is C19H32N2. The second-order valence-corrected chi connectivity index (χ2v) is 6.61. The molecule has 1 heterocycles. The molecule has 0 saturated carbocycles. The molecule has 0 bridgehead atoms. The zero-order valence-electron chi connectivity index (χ0n) is 14.2. The highest BCUT2D eigenvalue weighted by atomic mass is 15.2. The first-order chi connectivity index (χ1) is 10.2. The van der Waals surface area contributed by atoms with E-state index < -0.39 is 0 Å². The quantitative estimate of drug-likeness (QED) is 0.807. The SMILES string of the molecule is CCCNC(CN1c2ccccc2CCC1C)C(C)CC. The van der Waals surface area contributed by atoms with Gasteiger partial charge in [0.1, 0.15) is 0 Å². The molecule has 21 heavy (non-hydrogen) atoms. The molecule has 3 atom stereocenters. The third-order valence-corrected chi connectivity index (χ3v) is 5.05. The van der Waals surface area contributed by atoms with Crippen molar-refractivity contribution in [3.63, 3.8) is 0 Å². The molecular weight excluding hydrogens is 256 g/mol. The topological polar surface area (TPSA) is 15.3 Å². The Morgan fingerprint density at radius 1 is 1.29 bits per heavy atom. The highest BCUT2D eigenvalue weighted by molar-refractivity contribution is 5.56. The summed E-state index contributed by atoms with van der Waals surface area (Å²) in [7, 11) is 0. The van der Waals surface area contributed by atoms with Gasteiger partial charge in [0.05, 0.1) is 0 Å². The van der Waals surface area contributed by atoms with Crippen LogP contribution in [0.4, 0.5) is 5.69 Å². The first-order valence-corrected chi connectivity index (χ1v) is 8.75. The van der Waals surface area contributed by atoms with Gasteiger partial charge in [-0.25, -0.2) is 0 Å². The van der Waals surface area contributed by atoms with Crippen molar-refractivity contribution in [3.05, 3.63) is 29.8 Å². The number of aryl methyl sites for hydroxylation is 1. The van der Waals surface area contributed by atoms with Crippen LogP contribution in [0.15, 0.2) is 24.3 Å². The fourth-order valence-electron chi connectivity index (χ4n) is 3.31. The van der Waals surface area contributed by atoms with Crippen LogP contribution in [0, 0.1) is 5.92 Å². The molecule has 3 unspecified atom stereocenters. The molecule has 0 aliphatic carbocycles. The van der Waals surface area contributed by atoms with Crippen molar-refractivity contribution in [2.75, 3.05) is 18.0 Å². The van der Waals surface area contributed by atoms with Crippen LogP contribution < -0.4 is 10.2 Å². The first-order valence-electron chi connectivity index (χ1n) is 8.75. The Kier molecular flexibility index (Phi) is 6.10. The van der Waals surface area contributed by atoms with Crippen molar-refractivity contribution in [2.45, 2.75) is 65.5 Å². The highest BCUT2D eigenvalue weighted by Crippen LogP contribution is 2.31. The summed E-state index contributed by atoms with van der Waals surface area (Å²) in [6, 6.07) is 10.2. The van der Waals surface area contributed by atoms with E-state index in [1.807, 2.05) is 0 Å². The fourth-order valence-corrected chi connectivity index (χ4v) is 3.31. The fraction of sp³-hybridized carbons (Fsp3) is 0.684. The van der Waals surface area contributed by atoms with Gasteiger partial charge in [0.2, 0.25) is 0 Å². The van der Waals surface area contributed by atoms with Gasteiger partial charge in [0.15, 0.2) is 0 Å². The first kappa shape index (κ1) is 16.4. The van der Waals surface area contributed by atoms with Gasteiger partial charge >= 0.3 is 0 Å². The van der Waals surface area contributed by atoms with Crippen LogP contribution in [0.2, 0.25) is 0 Å². The Morgan fingerprint density at radius 3 is 2.76 bits per heavy atom. The van der Waals surface area contributed by atoms with Gasteiger partial charge in [-0.2, -0.15) is 0 Å². The number of benzene rings is 1. The third kappa shape index (κ3) is 4.00. The molecule has 0 aromatic heterocycles. The number of fused-ring (bicyclic) bond motifs is 1. The zero-order chi connectivity index (χ0) is 15.2. The van der Waals surface area contributed by atoms with Crippen molar-refractivity contribution < 1.29 is 0 Å². The molecule has 0 radical (unpaired) electrons. The van der Waals surface area contributed by atoms with Crippen molar-refractivity contribution in [3.8, 4) is 0 Å². The summed E-state index contributed by atoms with van der Waals surface area (Å²) < 4.78 is 0. The lowest BCUT2D eigenvalue weighted by atomic mass is 9.93. The normalized spacial score (nSPS) is 21.0. The number of hydrogen-bond acceptors (Lipinski definition) is 2. The predicted molar refractivity (Wildman–Crippen MR) is 93.1 cm³/mol. The molecule has 0 spiro atoms. The summed E-state index contributed by atoms with van der Waals surface area (Å²) in [6.07, 6.45) is 4.95. The predicted octanol–water partition coefficient (Wildman–Crippen LogP) is 4.24. The average Bonchev–Trinajstić information content (AvgIpc) is 2.52. The molecule has 2 nitrogen and oxygen atoms in total. The number of rotatable bonds is 7. The van der Waals surface area contributed by atoms with Gasteiger partial charge < -0.3 is 10.2 Å². The monoisotopic (exact) mass is 288 g/mol. The number of hydrogen-bond donors (Lipinski definition) is 1. The molecule has 1 aliphatic heterocycles. The summed E-state index contributed by atoms with van der Waals surface area (Å²) >= 11 is 0. The van der Waals surface area contributed by atoms with E-state index in [0.29, 0.717) is 12.1 Å². The molecule has 0 fully saturated rings. The van der Waals surface area contributed by atoms with Crippen LogP contribution in [0.25, 0.3) is 0 Å². The van der Waals surface area contributed by atoms with Crippen molar-refractivity contribution in [2.24, 2.45) is 5.92 Å². The van der Waals surface area contributed by atoms with E-state index in [9.17, 15) is 0 Å². The van der Waals surface area contributed by atoms with Crippen molar-refractivity contribution >= 4 is 5.69 Å². The van der Waals surface area contributed by atoms with Crippen LogP contribution in [-0.4, -0.2) is 25.2 Å². The van der Waals surface area contributed by atoms with E-state index in [-0.39, 0.29) is 0 Å². The third-order valence-electron chi connectivity index (χ3n) is 5.05. The second kappa shape index (κ2) is 7.84. The van der Waals surface area contributed by atoms with Gasteiger partial charge in [0, 0.05) is 24.3 Å². The summed E-state index contributed by atoms with van der Waals surface area (Å²) in [4.78, 5) is 2.64. The summed E-state index contributed by atoms with van der Waals surface area (Å²) in [5.74, 6) is 0.720. The van der Waals surface area contributed by atoms with Crippen LogP contribution in [0.5, 0.6) is 0 Å². The second-order valence-electron chi connectivity index (χ2n) is 6.61. The molecule has 2 rings (SSSR count). The Hall–Kier alpha value is -1.02. The highest BCUT2D eigenvalue weighted by Gasteiger charge is 2.26. The number of nitrogens with one attached hydrogen (secondary N) is 1. The van der Waals surface area contributed by atoms with Crippen LogP contribution >= 0.6 is 0 Å². The average molecular weight is 288 g/mol. The number of nitrogens with zero attached hydrogens (tertiary/aromatic N) is 1. The van der Waals surface area contributed by atoms with Gasteiger partial charge in [-0.3, -0.25) is 0 Å². The molecule has 0 saturated heterocycles. The van der Waals surface area contributed by atoms with Gasteiger partial charge in [-0.05, 0) is 50.3 Å². The lowest BCUT2D eigenvalue weighted by molar-refractivity contribution is 0.354. The Bertz CT molecular complexity index is 429. The van der Waals surface area contributed by atoms with Crippen molar-refractivity contribution in [1.82, 2.24) is 5.32 Å². The lowest BCUT2D eigenvalue weighted by Crippen LogP contribution is -2.49.